The number of nitrogens with zero attached hydrogens (tertiary/aromatic N) is 1. The number of hydrogen-bond donors (Lipinski definition) is 2. The van der Waals surface area contributed by atoms with Gasteiger partial charge in [0.05, 0.1) is 11.4 Å². The third-order valence-electron chi connectivity index (χ3n) is 1.64. The van der Waals surface area contributed by atoms with Crippen molar-refractivity contribution < 1.29 is 4.79 Å². The Bertz CT molecular complexity index is 408. The van der Waals surface area contributed by atoms with Gasteiger partial charge in [-0.15, -0.1) is 0 Å². The SMILES string of the molecule is Cc1cc(Br)cnc1NC(=O)CC(N)=S. The third-order valence-corrected chi connectivity index (χ3v) is 2.22. The fourth-order valence-corrected chi connectivity index (χ4v) is 1.58. The standard InChI is InChI=1S/C9H10BrN3OS/c1-5-2-6(10)4-12-9(5)13-8(14)3-7(11)15/h2,4H,3H2,1H3,(H2,11,15)(H,12,13,14). The fraction of sp³-hybridized carbons (Fsp3) is 0.222. The summed E-state index contributed by atoms with van der Waals surface area (Å²) < 4.78 is 0.868. The van der Waals surface area contributed by atoms with Gasteiger partial charge in [-0.1, -0.05) is 12.2 Å². The van der Waals surface area contributed by atoms with Crippen LogP contribution in [0.25, 0.3) is 0 Å². The lowest BCUT2D eigenvalue weighted by molar-refractivity contribution is -0.115. The van der Waals surface area contributed by atoms with Crippen LogP contribution in [0.15, 0.2) is 16.7 Å². The second kappa shape index (κ2) is 5.18. The Morgan fingerprint density at radius 3 is 2.93 bits per heavy atom. The maximum Gasteiger partial charge on any atom is 0.232 e. The maximum absolute atomic E-state index is 11.3. The number of halogens is 1. The van der Waals surface area contributed by atoms with Crippen molar-refractivity contribution in [1.82, 2.24) is 4.98 Å². The van der Waals surface area contributed by atoms with Crippen LogP contribution in [0, 0.1) is 6.92 Å². The molecule has 0 fully saturated rings. The van der Waals surface area contributed by atoms with Gasteiger partial charge in [-0.3, -0.25) is 4.79 Å². The Morgan fingerprint density at radius 1 is 1.73 bits per heavy atom. The largest absolute Gasteiger partial charge is 0.393 e. The van der Waals surface area contributed by atoms with Crippen molar-refractivity contribution >= 4 is 44.9 Å². The van der Waals surface area contributed by atoms with E-state index in [2.05, 4.69) is 38.4 Å². The monoisotopic (exact) mass is 287 g/mol. The summed E-state index contributed by atoms with van der Waals surface area (Å²) in [7, 11) is 0. The first-order valence-electron chi connectivity index (χ1n) is 4.19. The van der Waals surface area contributed by atoms with Crippen LogP contribution in [0.2, 0.25) is 0 Å². The summed E-state index contributed by atoms with van der Waals surface area (Å²) in [6, 6.07) is 1.86. The van der Waals surface area contributed by atoms with E-state index in [1.54, 1.807) is 6.20 Å². The van der Waals surface area contributed by atoms with Crippen LogP contribution in [0.3, 0.4) is 0 Å². The maximum atomic E-state index is 11.3. The van der Waals surface area contributed by atoms with Gasteiger partial charge in [0.1, 0.15) is 5.82 Å². The van der Waals surface area contributed by atoms with Crippen molar-refractivity contribution in [3.05, 3.63) is 22.3 Å². The van der Waals surface area contributed by atoms with E-state index in [1.807, 2.05) is 13.0 Å². The summed E-state index contributed by atoms with van der Waals surface area (Å²) in [5.74, 6) is 0.278. The van der Waals surface area contributed by atoms with E-state index in [9.17, 15) is 4.79 Å². The number of anilines is 1. The topological polar surface area (TPSA) is 68.0 Å². The highest BCUT2D eigenvalue weighted by molar-refractivity contribution is 9.10. The van der Waals surface area contributed by atoms with E-state index in [0.717, 1.165) is 10.0 Å². The molecule has 80 valence electrons. The molecule has 1 amide bonds. The first-order valence-corrected chi connectivity index (χ1v) is 5.39. The number of pyridine rings is 1. The lowest BCUT2D eigenvalue weighted by Gasteiger charge is -2.06. The van der Waals surface area contributed by atoms with Gasteiger partial charge in [-0.25, -0.2) is 4.98 Å². The van der Waals surface area contributed by atoms with E-state index < -0.39 is 0 Å². The van der Waals surface area contributed by atoms with Crippen molar-refractivity contribution in [3.63, 3.8) is 0 Å². The second-order valence-corrected chi connectivity index (χ2v) is 4.45. The number of nitrogens with one attached hydrogen (secondary N) is 1. The molecule has 0 bridgehead atoms. The van der Waals surface area contributed by atoms with Gasteiger partial charge < -0.3 is 11.1 Å². The molecule has 1 aromatic rings. The molecule has 0 spiro atoms. The Labute approximate surface area is 101 Å². The minimum Gasteiger partial charge on any atom is -0.393 e. The van der Waals surface area contributed by atoms with Crippen LogP contribution in [-0.2, 0) is 4.79 Å². The number of rotatable bonds is 3. The average Bonchev–Trinajstić information content (AvgIpc) is 2.08. The fourth-order valence-electron chi connectivity index (χ4n) is 1.01. The molecular weight excluding hydrogens is 278 g/mol. The highest BCUT2D eigenvalue weighted by atomic mass is 79.9. The molecule has 0 saturated heterocycles. The Morgan fingerprint density at radius 2 is 2.40 bits per heavy atom. The molecule has 0 saturated carbocycles. The zero-order chi connectivity index (χ0) is 11.4. The van der Waals surface area contributed by atoms with Gasteiger partial charge in [0, 0.05) is 10.7 Å². The zero-order valence-electron chi connectivity index (χ0n) is 8.08. The van der Waals surface area contributed by atoms with E-state index in [0.29, 0.717) is 5.82 Å². The Balaban J connectivity index is 2.72. The molecule has 3 N–H and O–H groups in total. The Hall–Kier alpha value is -1.01. The summed E-state index contributed by atoms with van der Waals surface area (Å²) in [6.45, 7) is 1.86. The minimum atomic E-state index is -0.250. The number of thiocarbonyl (C=S) groups is 1. The molecule has 1 heterocycles. The van der Waals surface area contributed by atoms with Crippen LogP contribution in [0.5, 0.6) is 0 Å². The van der Waals surface area contributed by atoms with Crippen molar-refractivity contribution in [2.45, 2.75) is 13.3 Å². The summed E-state index contributed by atoms with van der Waals surface area (Å²) in [5.41, 5.74) is 6.13. The molecule has 15 heavy (non-hydrogen) atoms. The first kappa shape index (κ1) is 12.1. The van der Waals surface area contributed by atoms with Gasteiger partial charge in [0.15, 0.2) is 0 Å². The first-order chi connectivity index (χ1) is 6.99. The molecule has 0 unspecified atom stereocenters. The van der Waals surface area contributed by atoms with Crippen LogP contribution in [-0.4, -0.2) is 15.9 Å². The normalized spacial score (nSPS) is 9.73. The summed E-state index contributed by atoms with van der Waals surface area (Å²) in [6.07, 6.45) is 1.65. The number of hydrogen-bond acceptors (Lipinski definition) is 3. The van der Waals surface area contributed by atoms with Gasteiger partial charge in [0.25, 0.3) is 0 Å². The number of amides is 1. The van der Waals surface area contributed by atoms with Crippen LogP contribution in [0.4, 0.5) is 5.82 Å². The van der Waals surface area contributed by atoms with Crippen molar-refractivity contribution in [2.24, 2.45) is 5.73 Å². The smallest absolute Gasteiger partial charge is 0.232 e. The van der Waals surface area contributed by atoms with Gasteiger partial charge in [0.2, 0.25) is 5.91 Å². The van der Waals surface area contributed by atoms with Gasteiger partial charge in [-0.2, -0.15) is 0 Å². The van der Waals surface area contributed by atoms with Crippen molar-refractivity contribution in [2.75, 3.05) is 5.32 Å². The lowest BCUT2D eigenvalue weighted by atomic mass is 10.3. The van der Waals surface area contributed by atoms with Crippen molar-refractivity contribution in [1.29, 1.82) is 0 Å². The predicted molar refractivity (Wildman–Crippen MR) is 66.7 cm³/mol. The quantitative estimate of drug-likeness (QED) is 0.832. The number of aromatic nitrogens is 1. The number of carbonyl (C=O) groups is 1. The van der Waals surface area contributed by atoms with Crippen LogP contribution >= 0.6 is 28.1 Å². The number of aryl methyl sites for hydroxylation is 1. The van der Waals surface area contributed by atoms with Gasteiger partial charge in [-0.05, 0) is 34.5 Å². The molecule has 6 heteroatoms. The number of nitrogens with two attached hydrogens (primary N) is 1. The summed E-state index contributed by atoms with van der Waals surface area (Å²) in [5, 5.41) is 2.63. The molecule has 4 nitrogen and oxygen atoms in total. The van der Waals surface area contributed by atoms with Crippen LogP contribution in [0.1, 0.15) is 12.0 Å². The molecule has 0 atom stereocenters. The second-order valence-electron chi connectivity index (χ2n) is 3.01. The minimum absolute atomic E-state index is 0.0342. The van der Waals surface area contributed by atoms with Crippen LogP contribution < -0.4 is 11.1 Å². The zero-order valence-corrected chi connectivity index (χ0v) is 10.5. The summed E-state index contributed by atoms with van der Waals surface area (Å²) >= 11 is 7.92. The molecule has 0 aliphatic rings. The molecule has 0 aromatic carbocycles. The third kappa shape index (κ3) is 3.93. The highest BCUT2D eigenvalue weighted by Gasteiger charge is 2.07. The van der Waals surface area contributed by atoms with Gasteiger partial charge >= 0.3 is 0 Å². The lowest BCUT2D eigenvalue weighted by Crippen LogP contribution is -2.21. The van der Waals surface area contributed by atoms with E-state index in [4.69, 9.17) is 5.73 Å². The molecular formula is C9H10BrN3OS. The Kier molecular flexibility index (Phi) is 4.16. The van der Waals surface area contributed by atoms with E-state index in [-0.39, 0.29) is 17.3 Å². The van der Waals surface area contributed by atoms with E-state index in [1.165, 1.54) is 0 Å². The average molecular weight is 288 g/mol. The summed E-state index contributed by atoms with van der Waals surface area (Å²) in [4.78, 5) is 15.6. The number of carbonyl (C=O) groups excluding carboxylic acids is 1. The van der Waals surface area contributed by atoms with E-state index >= 15 is 0 Å². The predicted octanol–water partition coefficient (Wildman–Crippen LogP) is 1.77. The highest BCUT2D eigenvalue weighted by Crippen LogP contribution is 2.16. The van der Waals surface area contributed by atoms with Crippen molar-refractivity contribution in [3.8, 4) is 0 Å². The molecule has 0 radical (unpaired) electrons. The molecule has 0 aliphatic carbocycles. The molecule has 1 rings (SSSR count). The molecule has 0 aliphatic heterocycles. The molecule has 1 aromatic heterocycles.